The molecule has 0 radical (unpaired) electrons. The third kappa shape index (κ3) is 4.00. The minimum atomic E-state index is -3.55. The Morgan fingerprint density at radius 3 is 2.50 bits per heavy atom. The molecule has 1 fully saturated rings. The maximum Gasteiger partial charge on any atom is 0.257 e. The van der Waals surface area contributed by atoms with Crippen molar-refractivity contribution in [2.75, 3.05) is 5.32 Å². The van der Waals surface area contributed by atoms with E-state index in [0.29, 0.717) is 16.6 Å². The Hall–Kier alpha value is -1.77. The van der Waals surface area contributed by atoms with Crippen molar-refractivity contribution in [2.24, 2.45) is 0 Å². The summed E-state index contributed by atoms with van der Waals surface area (Å²) in [5.74, 6) is 0.248. The number of hydrogen-bond donors (Lipinski definition) is 2. The van der Waals surface area contributed by atoms with Crippen molar-refractivity contribution >= 4 is 32.4 Å². The molecule has 128 valence electrons. The zero-order valence-electron chi connectivity index (χ0n) is 13.4. The van der Waals surface area contributed by atoms with E-state index in [1.807, 2.05) is 5.38 Å². The van der Waals surface area contributed by atoms with Gasteiger partial charge >= 0.3 is 0 Å². The van der Waals surface area contributed by atoms with Gasteiger partial charge in [-0.2, -0.15) is 0 Å². The number of hydrogen-bond acceptors (Lipinski definition) is 5. The molecule has 3 rings (SSSR count). The van der Waals surface area contributed by atoms with Crippen molar-refractivity contribution in [3.05, 3.63) is 40.9 Å². The number of carbonyl (C=O) groups is 1. The van der Waals surface area contributed by atoms with Gasteiger partial charge < -0.3 is 0 Å². The molecular weight excluding hydrogens is 346 g/mol. The average molecular weight is 365 g/mol. The lowest BCUT2D eigenvalue weighted by Gasteiger charge is -2.10. The first-order valence-electron chi connectivity index (χ1n) is 7.74. The molecule has 0 atom stereocenters. The first kappa shape index (κ1) is 17.1. The minimum Gasteiger partial charge on any atom is -0.298 e. The SMILES string of the molecule is CC(C)NS(=O)(=O)c1ccc(C(=O)Nc2nc(C3CC3)cs2)cc1. The summed E-state index contributed by atoms with van der Waals surface area (Å²) in [4.78, 5) is 16.8. The van der Waals surface area contributed by atoms with Gasteiger partial charge in [0.15, 0.2) is 5.13 Å². The van der Waals surface area contributed by atoms with E-state index in [1.165, 1.54) is 35.6 Å². The summed E-state index contributed by atoms with van der Waals surface area (Å²) in [6, 6.07) is 5.66. The second kappa shape index (κ2) is 6.62. The summed E-state index contributed by atoms with van der Waals surface area (Å²) in [6.07, 6.45) is 2.33. The zero-order valence-corrected chi connectivity index (χ0v) is 15.1. The van der Waals surface area contributed by atoms with Crippen LogP contribution in [0.3, 0.4) is 0 Å². The number of sulfonamides is 1. The summed E-state index contributed by atoms with van der Waals surface area (Å²) in [6.45, 7) is 3.51. The van der Waals surface area contributed by atoms with Crippen LogP contribution in [0.1, 0.15) is 48.7 Å². The first-order valence-corrected chi connectivity index (χ1v) is 10.1. The van der Waals surface area contributed by atoms with Gasteiger partial charge in [-0.05, 0) is 51.0 Å². The summed E-state index contributed by atoms with van der Waals surface area (Å²) in [5.41, 5.74) is 1.43. The highest BCUT2D eigenvalue weighted by Gasteiger charge is 2.26. The van der Waals surface area contributed by atoms with Gasteiger partial charge in [0.25, 0.3) is 5.91 Å². The Balaban J connectivity index is 1.69. The van der Waals surface area contributed by atoms with Gasteiger partial charge in [-0.15, -0.1) is 11.3 Å². The Morgan fingerprint density at radius 2 is 1.92 bits per heavy atom. The van der Waals surface area contributed by atoms with Crippen LogP contribution in [-0.2, 0) is 10.0 Å². The van der Waals surface area contributed by atoms with E-state index in [-0.39, 0.29) is 16.8 Å². The van der Waals surface area contributed by atoms with Crippen LogP contribution in [0.5, 0.6) is 0 Å². The molecule has 0 unspecified atom stereocenters. The molecule has 1 aromatic carbocycles. The molecule has 1 aliphatic rings. The molecule has 0 spiro atoms. The fraction of sp³-hybridized carbons (Fsp3) is 0.375. The average Bonchev–Trinajstić information content (AvgIpc) is 3.26. The third-order valence-corrected chi connectivity index (χ3v) is 6.01. The highest BCUT2D eigenvalue weighted by Crippen LogP contribution is 2.40. The molecule has 8 heteroatoms. The molecule has 2 N–H and O–H groups in total. The molecule has 2 aromatic rings. The quantitative estimate of drug-likeness (QED) is 0.824. The standard InChI is InChI=1S/C16H19N3O3S2/c1-10(2)19-24(21,22)13-7-5-12(6-8-13)15(20)18-16-17-14(9-23-16)11-3-4-11/h5-11,19H,3-4H2,1-2H3,(H,17,18,20). The number of benzene rings is 1. The van der Waals surface area contributed by atoms with E-state index in [0.717, 1.165) is 18.5 Å². The van der Waals surface area contributed by atoms with E-state index in [2.05, 4.69) is 15.0 Å². The topological polar surface area (TPSA) is 88.2 Å². The number of nitrogens with zero attached hydrogens (tertiary/aromatic N) is 1. The van der Waals surface area contributed by atoms with Gasteiger partial charge in [0.2, 0.25) is 10.0 Å². The molecule has 0 bridgehead atoms. The van der Waals surface area contributed by atoms with Gasteiger partial charge in [-0.3, -0.25) is 10.1 Å². The number of nitrogens with one attached hydrogen (secondary N) is 2. The molecule has 1 aromatic heterocycles. The first-order chi connectivity index (χ1) is 11.3. The van der Waals surface area contributed by atoms with Gasteiger partial charge in [-0.1, -0.05) is 0 Å². The Bertz CT molecular complexity index is 838. The summed E-state index contributed by atoms with van der Waals surface area (Å²) < 4.78 is 26.6. The lowest BCUT2D eigenvalue weighted by Crippen LogP contribution is -2.30. The van der Waals surface area contributed by atoms with Crippen molar-refractivity contribution in [3.63, 3.8) is 0 Å². The minimum absolute atomic E-state index is 0.137. The summed E-state index contributed by atoms with van der Waals surface area (Å²) >= 11 is 1.41. The largest absolute Gasteiger partial charge is 0.298 e. The molecule has 1 saturated carbocycles. The number of anilines is 1. The number of rotatable bonds is 6. The summed E-state index contributed by atoms with van der Waals surface area (Å²) in [5, 5.41) is 5.30. The van der Waals surface area contributed by atoms with Crippen LogP contribution in [0.25, 0.3) is 0 Å². The molecule has 1 aliphatic carbocycles. The van der Waals surface area contributed by atoms with E-state index >= 15 is 0 Å². The van der Waals surface area contributed by atoms with Crippen molar-refractivity contribution in [3.8, 4) is 0 Å². The van der Waals surface area contributed by atoms with E-state index in [4.69, 9.17) is 0 Å². The lowest BCUT2D eigenvalue weighted by atomic mass is 10.2. The Labute approximate surface area is 145 Å². The van der Waals surface area contributed by atoms with Crippen LogP contribution in [0.15, 0.2) is 34.5 Å². The Kier molecular flexibility index (Phi) is 4.71. The molecule has 6 nitrogen and oxygen atoms in total. The van der Waals surface area contributed by atoms with Crippen LogP contribution in [0.4, 0.5) is 5.13 Å². The number of thiazole rings is 1. The van der Waals surface area contributed by atoms with Gasteiger partial charge in [0.1, 0.15) is 0 Å². The summed E-state index contributed by atoms with van der Waals surface area (Å²) in [7, 11) is -3.55. The van der Waals surface area contributed by atoms with Crippen LogP contribution in [0.2, 0.25) is 0 Å². The van der Waals surface area contributed by atoms with E-state index in [9.17, 15) is 13.2 Å². The monoisotopic (exact) mass is 365 g/mol. The maximum atomic E-state index is 12.2. The lowest BCUT2D eigenvalue weighted by molar-refractivity contribution is 0.102. The number of amides is 1. The molecule has 0 saturated heterocycles. The highest BCUT2D eigenvalue weighted by molar-refractivity contribution is 7.89. The van der Waals surface area contributed by atoms with E-state index in [1.54, 1.807) is 13.8 Å². The predicted molar refractivity (Wildman–Crippen MR) is 93.9 cm³/mol. The van der Waals surface area contributed by atoms with E-state index < -0.39 is 10.0 Å². The van der Waals surface area contributed by atoms with Crippen LogP contribution < -0.4 is 10.0 Å². The van der Waals surface area contributed by atoms with Crippen molar-refractivity contribution in [2.45, 2.75) is 43.5 Å². The van der Waals surface area contributed by atoms with Crippen molar-refractivity contribution in [1.82, 2.24) is 9.71 Å². The van der Waals surface area contributed by atoms with Crippen molar-refractivity contribution < 1.29 is 13.2 Å². The third-order valence-electron chi connectivity index (χ3n) is 3.56. The van der Waals surface area contributed by atoms with Crippen molar-refractivity contribution in [1.29, 1.82) is 0 Å². The smallest absolute Gasteiger partial charge is 0.257 e. The Morgan fingerprint density at radius 1 is 1.25 bits per heavy atom. The number of carbonyl (C=O) groups excluding carboxylic acids is 1. The van der Waals surface area contributed by atoms with Gasteiger partial charge in [-0.25, -0.2) is 18.1 Å². The highest BCUT2D eigenvalue weighted by atomic mass is 32.2. The zero-order chi connectivity index (χ0) is 17.3. The molecule has 1 heterocycles. The molecule has 24 heavy (non-hydrogen) atoms. The fourth-order valence-electron chi connectivity index (χ4n) is 2.24. The van der Waals surface area contributed by atoms with Crippen LogP contribution in [-0.4, -0.2) is 25.4 Å². The molecule has 1 amide bonds. The van der Waals surface area contributed by atoms with Crippen LogP contribution in [0, 0.1) is 0 Å². The normalized spacial score (nSPS) is 14.8. The van der Waals surface area contributed by atoms with Gasteiger partial charge in [0.05, 0.1) is 10.6 Å². The number of aromatic nitrogens is 1. The molecular formula is C16H19N3O3S2. The predicted octanol–water partition coefficient (Wildman–Crippen LogP) is 2.96. The fourth-order valence-corrected chi connectivity index (χ4v) is 4.28. The second-order valence-electron chi connectivity index (χ2n) is 6.11. The van der Waals surface area contributed by atoms with Gasteiger partial charge in [0, 0.05) is 22.9 Å². The second-order valence-corrected chi connectivity index (χ2v) is 8.68. The molecule has 0 aliphatic heterocycles. The maximum absolute atomic E-state index is 12.2. The van der Waals surface area contributed by atoms with Crippen LogP contribution >= 0.6 is 11.3 Å².